The number of aryl methyl sites for hydroxylation is 1. The maximum atomic E-state index is 5.77. The van der Waals surface area contributed by atoms with E-state index >= 15 is 0 Å². The molecule has 1 aromatic carbocycles. The highest BCUT2D eigenvalue weighted by Gasteiger charge is 2.18. The predicted molar refractivity (Wildman–Crippen MR) is 82.0 cm³/mol. The molecule has 1 aliphatic carbocycles. The molecule has 0 spiro atoms. The molecule has 0 atom stereocenters. The first-order chi connectivity index (χ1) is 9.69. The van der Waals surface area contributed by atoms with E-state index in [1.165, 1.54) is 24.1 Å². The topological polar surface area (TPSA) is 60.2 Å². The van der Waals surface area contributed by atoms with Crippen molar-refractivity contribution in [2.24, 2.45) is 5.84 Å². The van der Waals surface area contributed by atoms with Gasteiger partial charge < -0.3 is 10.2 Å². The first-order valence-corrected chi connectivity index (χ1v) is 7.28. The van der Waals surface area contributed by atoms with Crippen LogP contribution in [0.3, 0.4) is 0 Å². The largest absolute Gasteiger partial charge is 0.491 e. The summed E-state index contributed by atoms with van der Waals surface area (Å²) in [6.07, 6.45) is 4.67. The van der Waals surface area contributed by atoms with Gasteiger partial charge in [0.2, 0.25) is 0 Å². The highest BCUT2D eigenvalue weighted by Crippen LogP contribution is 2.34. The monoisotopic (exact) mass is 271 g/mol. The summed E-state index contributed by atoms with van der Waals surface area (Å²) in [5.41, 5.74) is 7.34. The molecule has 2 aromatic rings. The van der Waals surface area contributed by atoms with E-state index in [4.69, 9.17) is 15.6 Å². The molecule has 3 N–H and O–H groups in total. The SMILES string of the molecule is CC(C)Oc1ccc2nc3c(c(NN)c2c1)CCCC3. The van der Waals surface area contributed by atoms with Crippen LogP contribution in [0.2, 0.25) is 0 Å². The molecule has 20 heavy (non-hydrogen) atoms. The van der Waals surface area contributed by atoms with Crippen LogP contribution in [0, 0.1) is 0 Å². The van der Waals surface area contributed by atoms with Crippen molar-refractivity contribution in [2.45, 2.75) is 45.6 Å². The van der Waals surface area contributed by atoms with Gasteiger partial charge in [0.15, 0.2) is 0 Å². The van der Waals surface area contributed by atoms with Gasteiger partial charge in [-0.3, -0.25) is 10.8 Å². The van der Waals surface area contributed by atoms with Crippen molar-refractivity contribution < 1.29 is 4.74 Å². The number of hydrazine groups is 1. The lowest BCUT2D eigenvalue weighted by molar-refractivity contribution is 0.243. The van der Waals surface area contributed by atoms with Gasteiger partial charge in [-0.05, 0) is 63.3 Å². The Bertz CT molecular complexity index is 637. The van der Waals surface area contributed by atoms with E-state index in [0.29, 0.717) is 0 Å². The lowest BCUT2D eigenvalue weighted by atomic mass is 9.93. The average molecular weight is 271 g/mol. The van der Waals surface area contributed by atoms with Crippen molar-refractivity contribution in [3.8, 4) is 5.75 Å². The van der Waals surface area contributed by atoms with E-state index in [-0.39, 0.29) is 6.10 Å². The fraction of sp³-hybridized carbons (Fsp3) is 0.438. The van der Waals surface area contributed by atoms with Crippen LogP contribution in [0.4, 0.5) is 5.69 Å². The molecule has 0 saturated heterocycles. The molecule has 0 fully saturated rings. The quantitative estimate of drug-likeness (QED) is 0.665. The molecule has 0 saturated carbocycles. The molecule has 4 nitrogen and oxygen atoms in total. The smallest absolute Gasteiger partial charge is 0.120 e. The number of hydrogen-bond acceptors (Lipinski definition) is 4. The number of fused-ring (bicyclic) bond motifs is 2. The molecule has 0 radical (unpaired) electrons. The van der Waals surface area contributed by atoms with Gasteiger partial charge in [-0.1, -0.05) is 0 Å². The van der Waals surface area contributed by atoms with Gasteiger partial charge in [0.05, 0.1) is 17.3 Å². The third-order valence-corrected chi connectivity index (χ3v) is 3.75. The van der Waals surface area contributed by atoms with Crippen LogP contribution in [-0.2, 0) is 12.8 Å². The number of anilines is 1. The predicted octanol–water partition coefficient (Wildman–Crippen LogP) is 3.19. The zero-order chi connectivity index (χ0) is 14.1. The molecule has 1 aliphatic rings. The van der Waals surface area contributed by atoms with Crippen LogP contribution in [0.5, 0.6) is 5.75 Å². The average Bonchev–Trinajstić information content (AvgIpc) is 2.44. The zero-order valence-corrected chi connectivity index (χ0v) is 12.1. The summed E-state index contributed by atoms with van der Waals surface area (Å²) in [5.74, 6) is 6.64. The number of nitrogens with zero attached hydrogens (tertiary/aromatic N) is 1. The van der Waals surface area contributed by atoms with Crippen molar-refractivity contribution in [3.05, 3.63) is 29.5 Å². The first-order valence-electron chi connectivity index (χ1n) is 7.28. The molecule has 0 aliphatic heterocycles. The molecule has 0 amide bonds. The standard InChI is InChI=1S/C16H21N3O/c1-10(2)20-11-7-8-15-13(9-11)16(19-17)12-5-3-4-6-14(12)18-15/h7-10H,3-6,17H2,1-2H3,(H,18,19). The minimum Gasteiger partial charge on any atom is -0.491 e. The number of rotatable bonds is 3. The second kappa shape index (κ2) is 5.29. The number of ether oxygens (including phenoxy) is 1. The number of aromatic nitrogens is 1. The van der Waals surface area contributed by atoms with Crippen LogP contribution < -0.4 is 16.0 Å². The number of nitrogen functional groups attached to an aromatic ring is 1. The highest BCUT2D eigenvalue weighted by atomic mass is 16.5. The minimum absolute atomic E-state index is 0.160. The van der Waals surface area contributed by atoms with Crippen molar-refractivity contribution in [1.82, 2.24) is 4.98 Å². The summed E-state index contributed by atoms with van der Waals surface area (Å²) in [7, 11) is 0. The third-order valence-electron chi connectivity index (χ3n) is 3.75. The Labute approximate surface area is 119 Å². The van der Waals surface area contributed by atoms with Crippen molar-refractivity contribution in [1.29, 1.82) is 0 Å². The summed E-state index contributed by atoms with van der Waals surface area (Å²) < 4.78 is 5.77. The van der Waals surface area contributed by atoms with Crippen molar-refractivity contribution >= 4 is 16.6 Å². The Morgan fingerprint density at radius 1 is 1.25 bits per heavy atom. The van der Waals surface area contributed by atoms with Gasteiger partial charge in [0, 0.05) is 11.1 Å². The fourth-order valence-corrected chi connectivity index (χ4v) is 2.91. The summed E-state index contributed by atoms with van der Waals surface area (Å²) in [6.45, 7) is 4.05. The minimum atomic E-state index is 0.160. The van der Waals surface area contributed by atoms with E-state index < -0.39 is 0 Å². The molecule has 0 bridgehead atoms. The molecule has 106 valence electrons. The Balaban J connectivity index is 2.17. The van der Waals surface area contributed by atoms with Gasteiger partial charge in [0.25, 0.3) is 0 Å². The highest BCUT2D eigenvalue weighted by molar-refractivity contribution is 5.94. The summed E-state index contributed by atoms with van der Waals surface area (Å²) in [4.78, 5) is 4.79. The van der Waals surface area contributed by atoms with Crippen LogP contribution >= 0.6 is 0 Å². The van der Waals surface area contributed by atoms with Crippen LogP contribution in [0.25, 0.3) is 10.9 Å². The van der Waals surface area contributed by atoms with E-state index in [1.807, 2.05) is 32.0 Å². The van der Waals surface area contributed by atoms with Gasteiger partial charge in [-0.25, -0.2) is 0 Å². The Morgan fingerprint density at radius 2 is 2.05 bits per heavy atom. The molecule has 4 heteroatoms. The van der Waals surface area contributed by atoms with Gasteiger partial charge in [0.1, 0.15) is 5.75 Å². The number of nitrogens with two attached hydrogens (primary N) is 1. The Hall–Kier alpha value is -1.81. The van der Waals surface area contributed by atoms with E-state index in [0.717, 1.165) is 35.2 Å². The number of hydrogen-bond donors (Lipinski definition) is 2. The first kappa shape index (κ1) is 13.2. The zero-order valence-electron chi connectivity index (χ0n) is 12.1. The fourth-order valence-electron chi connectivity index (χ4n) is 2.91. The summed E-state index contributed by atoms with van der Waals surface area (Å²) >= 11 is 0. The summed E-state index contributed by atoms with van der Waals surface area (Å²) in [5, 5.41) is 1.05. The molecule has 3 rings (SSSR count). The molecule has 0 unspecified atom stereocenters. The Kier molecular flexibility index (Phi) is 3.49. The van der Waals surface area contributed by atoms with E-state index in [9.17, 15) is 0 Å². The number of nitrogens with one attached hydrogen (secondary N) is 1. The second-order valence-corrected chi connectivity index (χ2v) is 5.61. The van der Waals surface area contributed by atoms with Crippen molar-refractivity contribution in [3.63, 3.8) is 0 Å². The van der Waals surface area contributed by atoms with E-state index in [2.05, 4.69) is 5.43 Å². The Morgan fingerprint density at radius 3 is 2.80 bits per heavy atom. The number of pyridine rings is 1. The van der Waals surface area contributed by atoms with Crippen molar-refractivity contribution in [2.75, 3.05) is 5.43 Å². The number of benzene rings is 1. The maximum Gasteiger partial charge on any atom is 0.120 e. The molecular formula is C16H21N3O. The third kappa shape index (κ3) is 2.31. The molecular weight excluding hydrogens is 250 g/mol. The lowest BCUT2D eigenvalue weighted by Gasteiger charge is -2.20. The van der Waals surface area contributed by atoms with Crippen LogP contribution in [0.1, 0.15) is 37.9 Å². The van der Waals surface area contributed by atoms with Gasteiger partial charge in [-0.15, -0.1) is 0 Å². The maximum absolute atomic E-state index is 5.77. The second-order valence-electron chi connectivity index (χ2n) is 5.61. The van der Waals surface area contributed by atoms with E-state index in [1.54, 1.807) is 0 Å². The van der Waals surface area contributed by atoms with Crippen LogP contribution in [-0.4, -0.2) is 11.1 Å². The lowest BCUT2D eigenvalue weighted by Crippen LogP contribution is -2.15. The molecule has 1 heterocycles. The van der Waals surface area contributed by atoms with Gasteiger partial charge >= 0.3 is 0 Å². The van der Waals surface area contributed by atoms with Gasteiger partial charge in [-0.2, -0.15) is 0 Å². The van der Waals surface area contributed by atoms with Crippen LogP contribution in [0.15, 0.2) is 18.2 Å². The normalized spacial score (nSPS) is 14.4. The summed E-state index contributed by atoms with van der Waals surface area (Å²) in [6, 6.07) is 6.03. The molecule has 1 aromatic heterocycles.